The zero-order chi connectivity index (χ0) is 19.5. The maximum atomic E-state index is 12.5. The SMILES string of the molecule is Cc1ocnc1CN1CCN(c2ccc3ncnc(OCC(F)F)c3c2)CC1. The number of aromatic nitrogens is 3. The van der Waals surface area contributed by atoms with Crippen molar-refractivity contribution in [1.82, 2.24) is 19.9 Å². The van der Waals surface area contributed by atoms with Gasteiger partial charge in [-0.25, -0.2) is 23.7 Å². The lowest BCUT2D eigenvalue weighted by atomic mass is 10.2. The molecule has 1 fully saturated rings. The smallest absolute Gasteiger partial charge is 0.272 e. The Labute approximate surface area is 161 Å². The minimum absolute atomic E-state index is 0.187. The van der Waals surface area contributed by atoms with Crippen molar-refractivity contribution in [3.63, 3.8) is 0 Å². The molecule has 9 heteroatoms. The molecule has 1 aliphatic heterocycles. The van der Waals surface area contributed by atoms with Crippen LogP contribution in [0.2, 0.25) is 0 Å². The highest BCUT2D eigenvalue weighted by Gasteiger charge is 2.20. The van der Waals surface area contributed by atoms with E-state index in [4.69, 9.17) is 9.15 Å². The van der Waals surface area contributed by atoms with E-state index < -0.39 is 13.0 Å². The minimum atomic E-state index is -2.55. The Morgan fingerprint density at radius 2 is 1.96 bits per heavy atom. The van der Waals surface area contributed by atoms with Crippen molar-refractivity contribution < 1.29 is 17.9 Å². The molecule has 0 atom stereocenters. The number of fused-ring (bicyclic) bond motifs is 1. The second kappa shape index (κ2) is 8.05. The third kappa shape index (κ3) is 4.04. The summed E-state index contributed by atoms with van der Waals surface area (Å²) in [6.45, 7) is 5.49. The molecule has 0 unspecified atom stereocenters. The second-order valence-electron chi connectivity index (χ2n) is 6.70. The summed E-state index contributed by atoms with van der Waals surface area (Å²) in [6, 6.07) is 5.77. The molecule has 0 amide bonds. The lowest BCUT2D eigenvalue weighted by Gasteiger charge is -2.36. The summed E-state index contributed by atoms with van der Waals surface area (Å²) in [5, 5.41) is 0.640. The number of rotatable bonds is 6. The number of hydrogen-bond donors (Lipinski definition) is 0. The Morgan fingerprint density at radius 3 is 2.68 bits per heavy atom. The van der Waals surface area contributed by atoms with Crippen LogP contribution in [0.25, 0.3) is 10.9 Å². The minimum Gasteiger partial charge on any atom is -0.471 e. The Morgan fingerprint density at radius 1 is 1.14 bits per heavy atom. The van der Waals surface area contributed by atoms with Gasteiger partial charge < -0.3 is 14.1 Å². The van der Waals surface area contributed by atoms with Crippen LogP contribution in [0.4, 0.5) is 14.5 Å². The van der Waals surface area contributed by atoms with Crippen LogP contribution in [-0.2, 0) is 6.54 Å². The molecular formula is C19H21F2N5O2. The van der Waals surface area contributed by atoms with Crippen molar-refractivity contribution in [2.24, 2.45) is 0 Å². The number of alkyl halides is 2. The van der Waals surface area contributed by atoms with Crippen LogP contribution in [0.1, 0.15) is 11.5 Å². The lowest BCUT2D eigenvalue weighted by Crippen LogP contribution is -2.46. The van der Waals surface area contributed by atoms with E-state index in [0.29, 0.717) is 10.9 Å². The van der Waals surface area contributed by atoms with Crippen molar-refractivity contribution in [2.45, 2.75) is 19.9 Å². The van der Waals surface area contributed by atoms with Gasteiger partial charge in [0.2, 0.25) is 5.88 Å². The van der Waals surface area contributed by atoms with Gasteiger partial charge in [0, 0.05) is 38.4 Å². The molecule has 148 valence electrons. The van der Waals surface area contributed by atoms with Crippen molar-refractivity contribution in [2.75, 3.05) is 37.7 Å². The van der Waals surface area contributed by atoms with E-state index in [-0.39, 0.29) is 5.88 Å². The zero-order valence-corrected chi connectivity index (χ0v) is 15.5. The van der Waals surface area contributed by atoms with E-state index in [9.17, 15) is 8.78 Å². The van der Waals surface area contributed by atoms with E-state index in [1.54, 1.807) is 0 Å². The molecule has 0 saturated carbocycles. The van der Waals surface area contributed by atoms with Crippen molar-refractivity contribution in [3.05, 3.63) is 42.4 Å². The van der Waals surface area contributed by atoms with Gasteiger partial charge in [-0.1, -0.05) is 0 Å². The molecule has 1 saturated heterocycles. The summed E-state index contributed by atoms with van der Waals surface area (Å²) in [4.78, 5) is 17.1. The summed E-state index contributed by atoms with van der Waals surface area (Å²) < 4.78 is 35.4. The summed E-state index contributed by atoms with van der Waals surface area (Å²) >= 11 is 0. The maximum absolute atomic E-state index is 12.5. The molecule has 1 aromatic carbocycles. The normalized spacial score (nSPS) is 15.5. The number of anilines is 1. The third-order valence-electron chi connectivity index (χ3n) is 4.88. The molecule has 3 aromatic rings. The number of oxazole rings is 1. The predicted molar refractivity (Wildman–Crippen MR) is 99.8 cm³/mol. The average Bonchev–Trinajstić information content (AvgIpc) is 3.11. The van der Waals surface area contributed by atoms with E-state index in [1.807, 2.05) is 25.1 Å². The van der Waals surface area contributed by atoms with Crippen molar-refractivity contribution >= 4 is 16.6 Å². The van der Waals surface area contributed by atoms with Crippen molar-refractivity contribution in [3.8, 4) is 5.88 Å². The standard InChI is InChI=1S/C19H21F2N5O2/c1-13-17(24-12-28-13)9-25-4-6-26(7-5-25)14-2-3-16-15(8-14)19(23-11-22-16)27-10-18(20)21/h2-3,8,11-12,18H,4-7,9-10H2,1H3. The molecule has 4 rings (SSSR count). The quantitative estimate of drug-likeness (QED) is 0.642. The van der Waals surface area contributed by atoms with E-state index >= 15 is 0 Å². The lowest BCUT2D eigenvalue weighted by molar-refractivity contribution is 0.0804. The zero-order valence-electron chi connectivity index (χ0n) is 15.5. The van der Waals surface area contributed by atoms with Gasteiger partial charge in [0.25, 0.3) is 6.43 Å². The predicted octanol–water partition coefficient (Wildman–Crippen LogP) is 2.89. The van der Waals surface area contributed by atoms with E-state index in [1.165, 1.54) is 12.7 Å². The number of piperazine rings is 1. The van der Waals surface area contributed by atoms with Gasteiger partial charge in [-0.05, 0) is 25.1 Å². The highest BCUT2D eigenvalue weighted by molar-refractivity contribution is 5.86. The van der Waals surface area contributed by atoms with Crippen LogP contribution in [0.5, 0.6) is 5.88 Å². The van der Waals surface area contributed by atoms with E-state index in [0.717, 1.165) is 49.9 Å². The van der Waals surface area contributed by atoms with Gasteiger partial charge in [-0.2, -0.15) is 0 Å². The largest absolute Gasteiger partial charge is 0.471 e. The molecule has 0 spiro atoms. The molecule has 28 heavy (non-hydrogen) atoms. The van der Waals surface area contributed by atoms with Crippen LogP contribution >= 0.6 is 0 Å². The molecule has 2 aromatic heterocycles. The first kappa shape index (κ1) is 18.5. The van der Waals surface area contributed by atoms with Crippen LogP contribution in [0, 0.1) is 6.92 Å². The Bertz CT molecular complexity index is 941. The maximum Gasteiger partial charge on any atom is 0.272 e. The second-order valence-corrected chi connectivity index (χ2v) is 6.70. The number of benzene rings is 1. The van der Waals surface area contributed by atoms with Crippen LogP contribution in [-0.4, -0.2) is 59.1 Å². The number of nitrogens with zero attached hydrogens (tertiary/aromatic N) is 5. The molecular weight excluding hydrogens is 368 g/mol. The van der Waals surface area contributed by atoms with Gasteiger partial charge in [0.05, 0.1) is 16.6 Å². The van der Waals surface area contributed by atoms with Gasteiger partial charge in [-0.15, -0.1) is 0 Å². The van der Waals surface area contributed by atoms with Crippen LogP contribution < -0.4 is 9.64 Å². The number of ether oxygens (including phenoxy) is 1. The summed E-state index contributed by atoms with van der Waals surface area (Å²) in [7, 11) is 0. The molecule has 3 heterocycles. The first-order valence-corrected chi connectivity index (χ1v) is 9.12. The molecule has 1 aliphatic rings. The third-order valence-corrected chi connectivity index (χ3v) is 4.88. The highest BCUT2D eigenvalue weighted by Crippen LogP contribution is 2.27. The van der Waals surface area contributed by atoms with Crippen LogP contribution in [0.3, 0.4) is 0 Å². The summed E-state index contributed by atoms with van der Waals surface area (Å²) in [5.41, 5.74) is 2.64. The number of hydrogen-bond acceptors (Lipinski definition) is 7. The Balaban J connectivity index is 1.46. The topological polar surface area (TPSA) is 67.5 Å². The van der Waals surface area contributed by atoms with Crippen molar-refractivity contribution in [1.29, 1.82) is 0 Å². The Hall–Kier alpha value is -2.81. The molecule has 0 bridgehead atoms. The highest BCUT2D eigenvalue weighted by atomic mass is 19.3. The molecule has 0 N–H and O–H groups in total. The van der Waals surface area contributed by atoms with Gasteiger partial charge >= 0.3 is 0 Å². The Kier molecular flexibility index (Phi) is 5.34. The summed E-state index contributed by atoms with van der Waals surface area (Å²) in [5.74, 6) is 1.04. The van der Waals surface area contributed by atoms with Gasteiger partial charge in [-0.3, -0.25) is 4.90 Å². The fraction of sp³-hybridized carbons (Fsp3) is 0.421. The molecule has 7 nitrogen and oxygen atoms in total. The van der Waals surface area contributed by atoms with Crippen LogP contribution in [0.15, 0.2) is 35.3 Å². The molecule has 0 aliphatic carbocycles. The monoisotopic (exact) mass is 389 g/mol. The molecule has 0 radical (unpaired) electrons. The number of aryl methyl sites for hydroxylation is 1. The average molecular weight is 389 g/mol. The first-order valence-electron chi connectivity index (χ1n) is 9.12. The van der Waals surface area contributed by atoms with Gasteiger partial charge in [0.15, 0.2) is 13.0 Å². The number of halogens is 2. The summed E-state index contributed by atoms with van der Waals surface area (Å²) in [6.07, 6.45) is 0.258. The fourth-order valence-corrected chi connectivity index (χ4v) is 3.33. The van der Waals surface area contributed by atoms with E-state index in [2.05, 4.69) is 24.8 Å². The first-order chi connectivity index (χ1) is 13.6. The fourth-order valence-electron chi connectivity index (χ4n) is 3.33. The van der Waals surface area contributed by atoms with Gasteiger partial charge in [0.1, 0.15) is 12.1 Å².